The summed E-state index contributed by atoms with van der Waals surface area (Å²) in [7, 11) is 1.58. The van der Waals surface area contributed by atoms with Crippen molar-refractivity contribution in [3.8, 4) is 5.75 Å². The fraction of sp³-hybridized carbons (Fsp3) is 0.278. The SMILES string of the molecule is COc1ccc([N+](=O)[O-])c2c1N[C@@H](c1ccncc1)[C@@H]1CC=C[C@H]21. The highest BCUT2D eigenvalue weighted by atomic mass is 16.6. The van der Waals surface area contributed by atoms with Gasteiger partial charge in [-0.3, -0.25) is 15.1 Å². The minimum atomic E-state index is -0.310. The number of hydrogen-bond donors (Lipinski definition) is 1. The summed E-state index contributed by atoms with van der Waals surface area (Å²) in [5, 5.41) is 15.0. The van der Waals surface area contributed by atoms with Crippen LogP contribution in [0.3, 0.4) is 0 Å². The van der Waals surface area contributed by atoms with Gasteiger partial charge in [-0.15, -0.1) is 0 Å². The van der Waals surface area contributed by atoms with E-state index in [2.05, 4.69) is 22.5 Å². The number of nitro benzene ring substituents is 1. The Morgan fingerprint density at radius 1 is 1.29 bits per heavy atom. The number of methoxy groups -OCH3 is 1. The molecule has 1 aliphatic carbocycles. The second-order valence-corrected chi connectivity index (χ2v) is 6.09. The molecule has 1 aromatic carbocycles. The van der Waals surface area contributed by atoms with E-state index in [0.29, 0.717) is 5.75 Å². The maximum atomic E-state index is 11.5. The molecule has 6 heteroatoms. The number of allylic oxidation sites excluding steroid dienone is 2. The number of ether oxygens (including phenoxy) is 1. The number of fused-ring (bicyclic) bond motifs is 3. The Labute approximate surface area is 139 Å². The third-order valence-electron chi connectivity index (χ3n) is 4.94. The van der Waals surface area contributed by atoms with Crippen LogP contribution in [0.25, 0.3) is 0 Å². The molecule has 0 saturated carbocycles. The summed E-state index contributed by atoms with van der Waals surface area (Å²) in [6.45, 7) is 0. The number of nitro groups is 1. The van der Waals surface area contributed by atoms with Crippen LogP contribution >= 0.6 is 0 Å². The van der Waals surface area contributed by atoms with Crippen LogP contribution in [0.2, 0.25) is 0 Å². The highest BCUT2D eigenvalue weighted by molar-refractivity contribution is 5.73. The van der Waals surface area contributed by atoms with Crippen LogP contribution in [-0.2, 0) is 0 Å². The summed E-state index contributed by atoms with van der Waals surface area (Å²) < 4.78 is 5.46. The maximum Gasteiger partial charge on any atom is 0.275 e. The fourth-order valence-corrected chi connectivity index (χ4v) is 3.89. The molecule has 2 aromatic rings. The van der Waals surface area contributed by atoms with Gasteiger partial charge in [0.15, 0.2) is 0 Å². The minimum absolute atomic E-state index is 0.00918. The normalized spacial score (nSPS) is 24.0. The second-order valence-electron chi connectivity index (χ2n) is 6.09. The summed E-state index contributed by atoms with van der Waals surface area (Å²) in [5.41, 5.74) is 2.72. The number of nitrogens with one attached hydrogen (secondary N) is 1. The molecule has 0 fully saturated rings. The van der Waals surface area contributed by atoms with Crippen molar-refractivity contribution >= 4 is 11.4 Å². The summed E-state index contributed by atoms with van der Waals surface area (Å²) >= 11 is 0. The van der Waals surface area contributed by atoms with Gasteiger partial charge in [-0.2, -0.15) is 0 Å². The number of anilines is 1. The zero-order valence-electron chi connectivity index (χ0n) is 13.2. The molecule has 0 bridgehead atoms. The molecule has 2 aliphatic rings. The van der Waals surface area contributed by atoms with Gasteiger partial charge in [-0.25, -0.2) is 0 Å². The smallest absolute Gasteiger partial charge is 0.275 e. The topological polar surface area (TPSA) is 77.3 Å². The zero-order chi connectivity index (χ0) is 16.7. The molecule has 1 aliphatic heterocycles. The van der Waals surface area contributed by atoms with Crippen molar-refractivity contribution < 1.29 is 9.66 Å². The maximum absolute atomic E-state index is 11.5. The van der Waals surface area contributed by atoms with Crippen LogP contribution in [0.15, 0.2) is 48.8 Å². The Kier molecular flexibility index (Phi) is 3.45. The van der Waals surface area contributed by atoms with E-state index in [0.717, 1.165) is 23.2 Å². The third-order valence-corrected chi connectivity index (χ3v) is 4.94. The molecule has 2 heterocycles. The van der Waals surface area contributed by atoms with Gasteiger partial charge < -0.3 is 10.1 Å². The molecular weight excluding hydrogens is 306 g/mol. The van der Waals surface area contributed by atoms with Gasteiger partial charge in [0.1, 0.15) is 5.75 Å². The summed E-state index contributed by atoms with van der Waals surface area (Å²) in [4.78, 5) is 15.3. The van der Waals surface area contributed by atoms with Crippen molar-refractivity contribution in [3.63, 3.8) is 0 Å². The molecule has 0 amide bonds. The Bertz CT molecular complexity index is 820. The molecule has 6 nitrogen and oxygen atoms in total. The van der Waals surface area contributed by atoms with E-state index in [1.807, 2.05) is 12.1 Å². The highest BCUT2D eigenvalue weighted by Crippen LogP contribution is 2.54. The molecule has 0 saturated heterocycles. The van der Waals surface area contributed by atoms with Crippen LogP contribution in [-0.4, -0.2) is 17.0 Å². The van der Waals surface area contributed by atoms with Crippen LogP contribution in [0.4, 0.5) is 11.4 Å². The lowest BCUT2D eigenvalue weighted by Gasteiger charge is -2.37. The van der Waals surface area contributed by atoms with Crippen molar-refractivity contribution in [1.29, 1.82) is 0 Å². The van der Waals surface area contributed by atoms with Gasteiger partial charge in [0.05, 0.1) is 29.3 Å². The first kappa shape index (κ1) is 14.7. The van der Waals surface area contributed by atoms with Crippen molar-refractivity contribution in [2.45, 2.75) is 18.4 Å². The van der Waals surface area contributed by atoms with E-state index in [1.165, 1.54) is 6.07 Å². The summed E-state index contributed by atoms with van der Waals surface area (Å²) in [6, 6.07) is 7.24. The van der Waals surface area contributed by atoms with Crippen LogP contribution < -0.4 is 10.1 Å². The van der Waals surface area contributed by atoms with E-state index in [1.54, 1.807) is 25.6 Å². The molecular formula is C18H17N3O3. The summed E-state index contributed by atoms with van der Waals surface area (Å²) in [6.07, 6.45) is 8.64. The van der Waals surface area contributed by atoms with Crippen LogP contribution in [0, 0.1) is 16.0 Å². The van der Waals surface area contributed by atoms with Crippen LogP contribution in [0.5, 0.6) is 5.75 Å². The monoisotopic (exact) mass is 323 g/mol. The van der Waals surface area contributed by atoms with Gasteiger partial charge in [-0.1, -0.05) is 12.2 Å². The summed E-state index contributed by atoms with van der Waals surface area (Å²) in [5.74, 6) is 0.883. The standard InChI is InChI=1S/C18H17N3O3/c1-24-15-6-5-14(21(22)23)16-12-3-2-4-13(12)17(20-18(15)16)11-7-9-19-10-8-11/h2-3,5-10,12-13,17,20H,4H2,1H3/t12-,13+,17-/m0/s1. The average Bonchev–Trinajstić information content (AvgIpc) is 3.10. The van der Waals surface area contributed by atoms with Crippen molar-refractivity contribution in [2.75, 3.05) is 12.4 Å². The van der Waals surface area contributed by atoms with Gasteiger partial charge in [0.25, 0.3) is 5.69 Å². The Hall–Kier alpha value is -2.89. The molecule has 0 unspecified atom stereocenters. The number of pyridine rings is 1. The Balaban J connectivity index is 1.90. The van der Waals surface area contributed by atoms with E-state index in [9.17, 15) is 10.1 Å². The van der Waals surface area contributed by atoms with E-state index < -0.39 is 0 Å². The largest absolute Gasteiger partial charge is 0.495 e. The van der Waals surface area contributed by atoms with Crippen molar-refractivity contribution in [3.05, 3.63) is 70.1 Å². The van der Waals surface area contributed by atoms with Gasteiger partial charge in [0.2, 0.25) is 0 Å². The zero-order valence-corrected chi connectivity index (χ0v) is 13.2. The predicted molar refractivity (Wildman–Crippen MR) is 90.2 cm³/mol. The van der Waals surface area contributed by atoms with Crippen LogP contribution in [0.1, 0.15) is 29.5 Å². The first-order valence-corrected chi connectivity index (χ1v) is 7.89. The minimum Gasteiger partial charge on any atom is -0.495 e. The molecule has 0 radical (unpaired) electrons. The Morgan fingerprint density at radius 3 is 2.79 bits per heavy atom. The number of hydrogen-bond acceptors (Lipinski definition) is 5. The number of nitrogens with zero attached hydrogens (tertiary/aromatic N) is 2. The molecule has 4 rings (SSSR count). The number of aromatic nitrogens is 1. The predicted octanol–water partition coefficient (Wildman–Crippen LogP) is 3.82. The first-order valence-electron chi connectivity index (χ1n) is 7.89. The quantitative estimate of drug-likeness (QED) is 0.528. The lowest BCUT2D eigenvalue weighted by Crippen LogP contribution is -2.30. The van der Waals surface area contributed by atoms with E-state index in [4.69, 9.17) is 4.74 Å². The third kappa shape index (κ3) is 2.14. The van der Waals surface area contributed by atoms with Gasteiger partial charge >= 0.3 is 0 Å². The highest BCUT2D eigenvalue weighted by Gasteiger charge is 2.42. The first-order chi connectivity index (χ1) is 11.7. The number of rotatable bonds is 3. The molecule has 1 N–H and O–H groups in total. The van der Waals surface area contributed by atoms with Crippen molar-refractivity contribution in [2.24, 2.45) is 5.92 Å². The number of benzene rings is 1. The van der Waals surface area contributed by atoms with Gasteiger partial charge in [0, 0.05) is 24.4 Å². The van der Waals surface area contributed by atoms with Crippen molar-refractivity contribution in [1.82, 2.24) is 4.98 Å². The fourth-order valence-electron chi connectivity index (χ4n) is 3.89. The van der Waals surface area contributed by atoms with E-state index in [-0.39, 0.29) is 28.5 Å². The average molecular weight is 323 g/mol. The molecule has 122 valence electrons. The molecule has 1 aromatic heterocycles. The van der Waals surface area contributed by atoms with Gasteiger partial charge in [-0.05, 0) is 36.1 Å². The lowest BCUT2D eigenvalue weighted by atomic mass is 9.76. The molecule has 24 heavy (non-hydrogen) atoms. The van der Waals surface area contributed by atoms with E-state index >= 15 is 0 Å². The lowest BCUT2D eigenvalue weighted by molar-refractivity contribution is -0.385. The second kappa shape index (κ2) is 5.63. The molecule has 3 atom stereocenters. The Morgan fingerprint density at radius 2 is 2.08 bits per heavy atom. The molecule has 0 spiro atoms.